The molecule has 4 heteroatoms. The maximum absolute atomic E-state index is 12.2. The number of Topliss-reactive ketones (excluding diaryl/α,β-unsaturated/α-hetero) is 1. The summed E-state index contributed by atoms with van der Waals surface area (Å²) in [6.45, 7) is 4.08. The van der Waals surface area contributed by atoms with E-state index in [0.717, 1.165) is 32.1 Å². The maximum Gasteiger partial charge on any atom is 0.231 e. The summed E-state index contributed by atoms with van der Waals surface area (Å²) in [6.07, 6.45) is 6.14. The highest BCUT2D eigenvalue weighted by Gasteiger charge is 2.57. The molecule has 0 saturated carbocycles. The van der Waals surface area contributed by atoms with Crippen LogP contribution in [0.2, 0.25) is 0 Å². The number of carbonyl (C=O) groups excluding carboxylic acids is 1. The summed E-state index contributed by atoms with van der Waals surface area (Å²) >= 11 is 0. The number of ketones is 1. The Hall–Kier alpha value is -0.450. The van der Waals surface area contributed by atoms with Gasteiger partial charge in [0.15, 0.2) is 11.6 Å². The molecule has 3 rings (SSSR count). The van der Waals surface area contributed by atoms with E-state index in [1.165, 1.54) is 0 Å². The molecule has 0 amide bonds. The Balaban J connectivity index is 1.78. The van der Waals surface area contributed by atoms with Crippen molar-refractivity contribution in [1.82, 2.24) is 0 Å². The van der Waals surface area contributed by atoms with Crippen molar-refractivity contribution in [3.8, 4) is 0 Å². The lowest BCUT2D eigenvalue weighted by atomic mass is 9.95. The van der Waals surface area contributed by atoms with Crippen LogP contribution in [0.3, 0.4) is 0 Å². The molecule has 0 N–H and O–H groups in total. The summed E-state index contributed by atoms with van der Waals surface area (Å²) in [4.78, 5) is 12.2. The molecule has 2 spiro atoms. The van der Waals surface area contributed by atoms with E-state index in [4.69, 9.17) is 14.2 Å². The van der Waals surface area contributed by atoms with E-state index < -0.39 is 11.6 Å². The fourth-order valence-electron chi connectivity index (χ4n) is 3.41. The topological polar surface area (TPSA) is 44.8 Å². The highest BCUT2D eigenvalue weighted by molar-refractivity contribution is 5.86. The molecule has 3 aliphatic rings. The van der Waals surface area contributed by atoms with Crippen molar-refractivity contribution in [2.45, 2.75) is 82.6 Å². The second kappa shape index (κ2) is 4.29. The van der Waals surface area contributed by atoms with Crippen molar-refractivity contribution in [1.29, 1.82) is 0 Å². The maximum atomic E-state index is 12.2. The lowest BCUT2D eigenvalue weighted by Gasteiger charge is -2.41. The van der Waals surface area contributed by atoms with Crippen LogP contribution >= 0.6 is 0 Å². The summed E-state index contributed by atoms with van der Waals surface area (Å²) in [5.41, 5.74) is 0. The second-order valence-corrected chi connectivity index (χ2v) is 5.98. The monoisotopic (exact) mass is 254 g/mol. The molecule has 0 radical (unpaired) electrons. The Kier molecular flexibility index (Phi) is 3.00. The zero-order valence-corrected chi connectivity index (χ0v) is 11.2. The third-order valence-corrected chi connectivity index (χ3v) is 4.36. The van der Waals surface area contributed by atoms with Crippen LogP contribution in [0.15, 0.2) is 0 Å². The molecule has 3 heterocycles. The van der Waals surface area contributed by atoms with Gasteiger partial charge < -0.3 is 14.2 Å². The molecule has 0 aromatic heterocycles. The van der Waals surface area contributed by atoms with Gasteiger partial charge in [0.25, 0.3) is 0 Å². The fourth-order valence-corrected chi connectivity index (χ4v) is 3.41. The van der Waals surface area contributed by atoms with Gasteiger partial charge in [-0.1, -0.05) is 0 Å². The van der Waals surface area contributed by atoms with Gasteiger partial charge in [0.2, 0.25) is 5.79 Å². The highest BCUT2D eigenvalue weighted by Crippen LogP contribution is 2.48. The van der Waals surface area contributed by atoms with Gasteiger partial charge >= 0.3 is 0 Å². The van der Waals surface area contributed by atoms with Gasteiger partial charge in [-0.3, -0.25) is 4.79 Å². The van der Waals surface area contributed by atoms with Gasteiger partial charge in [-0.25, -0.2) is 0 Å². The average molecular weight is 254 g/mol. The third-order valence-electron chi connectivity index (χ3n) is 4.36. The molecule has 0 unspecified atom stereocenters. The Morgan fingerprint density at radius 3 is 2.61 bits per heavy atom. The first-order valence-electron chi connectivity index (χ1n) is 7.13. The van der Waals surface area contributed by atoms with E-state index in [2.05, 4.69) is 6.92 Å². The van der Waals surface area contributed by atoms with Gasteiger partial charge in [-0.2, -0.15) is 0 Å². The van der Waals surface area contributed by atoms with Crippen molar-refractivity contribution in [2.24, 2.45) is 0 Å². The van der Waals surface area contributed by atoms with Crippen LogP contribution < -0.4 is 0 Å². The number of hydrogen-bond donors (Lipinski definition) is 0. The fraction of sp³-hybridized carbons (Fsp3) is 0.929. The molecule has 3 saturated heterocycles. The number of ether oxygens (including phenoxy) is 3. The summed E-state index contributed by atoms with van der Waals surface area (Å²) in [5, 5.41) is 0. The molecule has 18 heavy (non-hydrogen) atoms. The molecule has 3 fully saturated rings. The molecule has 0 aliphatic carbocycles. The van der Waals surface area contributed by atoms with E-state index in [9.17, 15) is 4.79 Å². The number of hydrogen-bond acceptors (Lipinski definition) is 4. The Labute approximate surface area is 108 Å². The molecule has 0 aromatic carbocycles. The SMILES string of the molecule is C[C@@H]1CCC[C@]2(CC[C@]3(O[C@@H](C)CCC3=O)O2)O1. The normalized spacial score (nSPS) is 49.1. The number of rotatable bonds is 0. The third kappa shape index (κ3) is 2.00. The molecule has 0 bridgehead atoms. The van der Waals surface area contributed by atoms with Crippen LogP contribution in [0.5, 0.6) is 0 Å². The van der Waals surface area contributed by atoms with Crippen LogP contribution in [0.25, 0.3) is 0 Å². The average Bonchev–Trinajstić information content (AvgIpc) is 2.64. The van der Waals surface area contributed by atoms with Crippen molar-refractivity contribution >= 4 is 5.78 Å². The first-order valence-corrected chi connectivity index (χ1v) is 7.13. The molecule has 4 atom stereocenters. The van der Waals surface area contributed by atoms with Gasteiger partial charge in [0.05, 0.1) is 12.2 Å². The van der Waals surface area contributed by atoms with E-state index in [1.54, 1.807) is 0 Å². The largest absolute Gasteiger partial charge is 0.347 e. The van der Waals surface area contributed by atoms with Crippen molar-refractivity contribution < 1.29 is 19.0 Å². The molecule has 102 valence electrons. The van der Waals surface area contributed by atoms with E-state index >= 15 is 0 Å². The smallest absolute Gasteiger partial charge is 0.231 e. The summed E-state index contributed by atoms with van der Waals surface area (Å²) in [5.74, 6) is -1.47. The van der Waals surface area contributed by atoms with Crippen molar-refractivity contribution in [3.05, 3.63) is 0 Å². The predicted molar refractivity (Wildman–Crippen MR) is 65.0 cm³/mol. The molecule has 0 aromatic rings. The first-order chi connectivity index (χ1) is 8.54. The predicted octanol–water partition coefficient (Wildman–Crippen LogP) is 2.55. The molecular weight excluding hydrogens is 232 g/mol. The van der Waals surface area contributed by atoms with E-state index in [1.807, 2.05) is 6.92 Å². The van der Waals surface area contributed by atoms with E-state index in [-0.39, 0.29) is 18.0 Å². The minimum Gasteiger partial charge on any atom is -0.347 e. The van der Waals surface area contributed by atoms with Crippen LogP contribution in [-0.4, -0.2) is 29.6 Å². The minimum atomic E-state index is -1.01. The second-order valence-electron chi connectivity index (χ2n) is 5.98. The van der Waals surface area contributed by atoms with Gasteiger partial charge in [0, 0.05) is 25.7 Å². The van der Waals surface area contributed by atoms with E-state index in [0.29, 0.717) is 12.8 Å². The Morgan fingerprint density at radius 1 is 1.06 bits per heavy atom. The molecular formula is C14H22O4. The van der Waals surface area contributed by atoms with Gasteiger partial charge in [-0.15, -0.1) is 0 Å². The zero-order valence-electron chi connectivity index (χ0n) is 11.2. The lowest BCUT2D eigenvalue weighted by Crippen LogP contribution is -2.51. The molecule has 4 nitrogen and oxygen atoms in total. The van der Waals surface area contributed by atoms with Crippen LogP contribution in [0.4, 0.5) is 0 Å². The zero-order chi connectivity index (χ0) is 12.8. The minimum absolute atomic E-state index is 0.0962. The lowest BCUT2D eigenvalue weighted by molar-refractivity contribution is -0.338. The van der Waals surface area contributed by atoms with Crippen molar-refractivity contribution in [2.75, 3.05) is 0 Å². The van der Waals surface area contributed by atoms with Crippen LogP contribution in [0, 0.1) is 0 Å². The summed E-state index contributed by atoms with van der Waals surface area (Å²) in [7, 11) is 0. The standard InChI is InChI=1S/C14H22O4/c1-10-4-3-7-13(16-10)8-9-14(18-13)12(15)6-5-11(2)17-14/h10-11H,3-9H2,1-2H3/t10-,11+,13+,14+/m1/s1. The summed E-state index contributed by atoms with van der Waals surface area (Å²) < 4.78 is 17.9. The van der Waals surface area contributed by atoms with Gasteiger partial charge in [-0.05, 0) is 33.1 Å². The highest BCUT2D eigenvalue weighted by atomic mass is 16.8. The summed E-state index contributed by atoms with van der Waals surface area (Å²) in [6, 6.07) is 0. The van der Waals surface area contributed by atoms with Crippen LogP contribution in [-0.2, 0) is 19.0 Å². The quantitative estimate of drug-likeness (QED) is 0.666. The van der Waals surface area contributed by atoms with Gasteiger partial charge in [0.1, 0.15) is 0 Å². The first kappa shape index (κ1) is 12.6. The van der Waals surface area contributed by atoms with Crippen LogP contribution in [0.1, 0.15) is 58.8 Å². The Bertz CT molecular complexity index is 356. The Morgan fingerprint density at radius 2 is 1.83 bits per heavy atom. The number of carbonyl (C=O) groups is 1. The van der Waals surface area contributed by atoms with Crippen molar-refractivity contribution in [3.63, 3.8) is 0 Å². The molecule has 3 aliphatic heterocycles.